The van der Waals surface area contributed by atoms with Crippen LogP contribution < -0.4 is 5.32 Å². The van der Waals surface area contributed by atoms with Crippen molar-refractivity contribution in [3.8, 4) is 0 Å². The molecule has 0 radical (unpaired) electrons. The van der Waals surface area contributed by atoms with Crippen molar-refractivity contribution in [1.29, 1.82) is 0 Å². The zero-order valence-electron chi connectivity index (χ0n) is 19.1. The summed E-state index contributed by atoms with van der Waals surface area (Å²) in [5.74, 6) is 0.641. The summed E-state index contributed by atoms with van der Waals surface area (Å²) in [5.41, 5.74) is 0.310. The summed E-state index contributed by atoms with van der Waals surface area (Å²) in [5, 5.41) is 2.82. The van der Waals surface area contributed by atoms with E-state index in [0.717, 1.165) is 45.4 Å². The lowest BCUT2D eigenvalue weighted by atomic mass is 9.69. The predicted molar refractivity (Wildman–Crippen MR) is 116 cm³/mol. The zero-order valence-corrected chi connectivity index (χ0v) is 19.1. The van der Waals surface area contributed by atoms with Crippen molar-refractivity contribution in [1.82, 2.24) is 20.0 Å². The van der Waals surface area contributed by atoms with Crippen molar-refractivity contribution in [2.24, 2.45) is 11.3 Å². The van der Waals surface area contributed by atoms with Gasteiger partial charge in [0.1, 0.15) is 0 Å². The maximum absolute atomic E-state index is 12.2. The average Bonchev–Trinajstić information content (AvgIpc) is 3.41. The maximum atomic E-state index is 12.2. The summed E-state index contributed by atoms with van der Waals surface area (Å²) in [6.07, 6.45) is 9.30. The van der Waals surface area contributed by atoms with Gasteiger partial charge in [0.2, 0.25) is 0 Å². The van der Waals surface area contributed by atoms with E-state index in [4.69, 9.17) is 4.74 Å². The van der Waals surface area contributed by atoms with Crippen LogP contribution in [0.4, 0.5) is 9.59 Å². The van der Waals surface area contributed by atoms with Crippen LogP contribution in [0.1, 0.15) is 65.2 Å². The lowest BCUT2D eigenvalue weighted by Gasteiger charge is -2.55. The predicted octanol–water partition coefficient (Wildman–Crippen LogP) is 3.29. The number of urea groups is 1. The largest absolute Gasteiger partial charge is 0.450 e. The molecule has 3 heterocycles. The number of piperidine rings is 1. The van der Waals surface area contributed by atoms with Crippen molar-refractivity contribution in [2.75, 3.05) is 39.8 Å². The van der Waals surface area contributed by atoms with Gasteiger partial charge in [-0.3, -0.25) is 0 Å². The van der Waals surface area contributed by atoms with Crippen LogP contribution in [0.5, 0.6) is 0 Å². The van der Waals surface area contributed by atoms with E-state index in [1.54, 1.807) is 7.05 Å². The molecule has 170 valence electrons. The Balaban J connectivity index is 1.29. The first-order valence-electron chi connectivity index (χ1n) is 12.2. The van der Waals surface area contributed by atoms with E-state index in [1.165, 1.54) is 32.1 Å². The highest BCUT2D eigenvalue weighted by molar-refractivity contribution is 5.74. The average molecular weight is 421 g/mol. The third-order valence-electron chi connectivity index (χ3n) is 8.48. The first-order valence-corrected chi connectivity index (χ1v) is 12.2. The van der Waals surface area contributed by atoms with Crippen molar-refractivity contribution in [3.05, 3.63) is 0 Å². The highest BCUT2D eigenvalue weighted by Crippen LogP contribution is 2.53. The number of carbonyl (C=O) groups excluding carboxylic acids is 2. The molecule has 3 saturated heterocycles. The summed E-state index contributed by atoms with van der Waals surface area (Å²) in [4.78, 5) is 31.2. The van der Waals surface area contributed by atoms with Crippen LogP contribution in [0.15, 0.2) is 0 Å². The molecule has 4 rings (SSSR count). The molecule has 3 aliphatic heterocycles. The Kier molecular flexibility index (Phi) is 6.47. The molecular formula is C23H40N4O3. The van der Waals surface area contributed by atoms with Crippen LogP contribution in [0.2, 0.25) is 0 Å². The van der Waals surface area contributed by atoms with Crippen LogP contribution in [0.3, 0.4) is 0 Å². The number of likely N-dealkylation sites (tertiary alicyclic amines) is 3. The van der Waals surface area contributed by atoms with E-state index in [0.29, 0.717) is 36.1 Å². The van der Waals surface area contributed by atoms with E-state index in [2.05, 4.69) is 22.0 Å². The van der Waals surface area contributed by atoms with Crippen LogP contribution in [-0.2, 0) is 4.74 Å². The minimum atomic E-state index is -0.128. The Morgan fingerprint density at radius 1 is 1.07 bits per heavy atom. The normalized spacial score (nSPS) is 35.0. The van der Waals surface area contributed by atoms with Crippen LogP contribution in [0, 0.1) is 11.3 Å². The van der Waals surface area contributed by atoms with Gasteiger partial charge in [0.05, 0.1) is 6.61 Å². The molecule has 4 atom stereocenters. The molecule has 3 amide bonds. The Labute approximate surface area is 181 Å². The molecule has 0 aromatic carbocycles. The SMILES string of the molecule is CCOC(=O)N1CC2(CCC(N3CCC([C@@H]4CCCN4C(=O)NC)CC3)C2)C1CC. The van der Waals surface area contributed by atoms with Gasteiger partial charge in [-0.05, 0) is 77.3 Å². The van der Waals surface area contributed by atoms with Crippen molar-refractivity contribution in [3.63, 3.8) is 0 Å². The van der Waals surface area contributed by atoms with Gasteiger partial charge in [-0.2, -0.15) is 0 Å². The summed E-state index contributed by atoms with van der Waals surface area (Å²) in [6, 6.07) is 1.53. The smallest absolute Gasteiger partial charge is 0.410 e. The highest BCUT2D eigenvalue weighted by Gasteiger charge is 2.57. The van der Waals surface area contributed by atoms with Crippen LogP contribution in [0.25, 0.3) is 0 Å². The lowest BCUT2D eigenvalue weighted by Crippen LogP contribution is -2.65. The lowest BCUT2D eigenvalue weighted by molar-refractivity contribution is -0.0656. The van der Waals surface area contributed by atoms with Crippen molar-refractivity contribution < 1.29 is 14.3 Å². The fourth-order valence-corrected chi connectivity index (χ4v) is 7.06. The van der Waals surface area contributed by atoms with Gasteiger partial charge in [0, 0.05) is 43.7 Å². The topological polar surface area (TPSA) is 65.1 Å². The number of amides is 3. The number of nitrogens with zero attached hydrogens (tertiary/aromatic N) is 3. The molecule has 4 fully saturated rings. The van der Waals surface area contributed by atoms with E-state index >= 15 is 0 Å². The number of hydrogen-bond acceptors (Lipinski definition) is 4. The summed E-state index contributed by atoms with van der Waals surface area (Å²) in [6.45, 7) is 8.63. The van der Waals surface area contributed by atoms with Crippen LogP contribution in [-0.4, -0.2) is 84.8 Å². The Morgan fingerprint density at radius 3 is 2.50 bits per heavy atom. The van der Waals surface area contributed by atoms with Crippen molar-refractivity contribution >= 4 is 12.1 Å². The first kappa shape index (κ1) is 21.7. The van der Waals surface area contributed by atoms with E-state index in [9.17, 15) is 9.59 Å². The number of nitrogens with one attached hydrogen (secondary N) is 1. The van der Waals surface area contributed by atoms with Gasteiger partial charge in [0.15, 0.2) is 0 Å². The van der Waals surface area contributed by atoms with Crippen LogP contribution >= 0.6 is 0 Å². The quantitative estimate of drug-likeness (QED) is 0.758. The molecule has 7 heteroatoms. The highest BCUT2D eigenvalue weighted by atomic mass is 16.6. The van der Waals surface area contributed by atoms with E-state index in [-0.39, 0.29) is 12.1 Å². The summed E-state index contributed by atoms with van der Waals surface area (Å²) < 4.78 is 5.26. The van der Waals surface area contributed by atoms with Gasteiger partial charge >= 0.3 is 12.1 Å². The number of ether oxygens (including phenoxy) is 1. The molecule has 1 saturated carbocycles. The molecule has 0 bridgehead atoms. The Bertz CT molecular complexity index is 636. The fraction of sp³-hybridized carbons (Fsp3) is 0.913. The molecule has 0 aromatic rings. The molecule has 30 heavy (non-hydrogen) atoms. The zero-order chi connectivity index (χ0) is 21.3. The molecule has 1 spiro atoms. The van der Waals surface area contributed by atoms with E-state index < -0.39 is 0 Å². The number of hydrogen-bond donors (Lipinski definition) is 1. The molecular weight excluding hydrogens is 380 g/mol. The summed E-state index contributed by atoms with van der Waals surface area (Å²) >= 11 is 0. The minimum absolute atomic E-state index is 0.0967. The standard InChI is InChI=1S/C23H40N4O3/c1-4-20-23(16-27(20)22(29)30-5-2)11-8-18(15-23)25-13-9-17(10-14-25)19-7-6-12-26(19)21(28)24-3/h17-20H,4-16H2,1-3H3,(H,24,28)/t18?,19-,20?,23?/m0/s1. The minimum Gasteiger partial charge on any atom is -0.450 e. The number of carbonyl (C=O) groups is 2. The monoisotopic (exact) mass is 420 g/mol. The molecule has 3 unspecified atom stereocenters. The Hall–Kier alpha value is -1.50. The third-order valence-corrected chi connectivity index (χ3v) is 8.48. The number of rotatable bonds is 4. The summed E-state index contributed by atoms with van der Waals surface area (Å²) in [7, 11) is 1.74. The van der Waals surface area contributed by atoms with Gasteiger partial charge in [-0.25, -0.2) is 9.59 Å². The second-order valence-corrected chi connectivity index (χ2v) is 9.84. The van der Waals surface area contributed by atoms with Gasteiger partial charge in [-0.15, -0.1) is 0 Å². The molecule has 1 aliphatic carbocycles. The molecule has 1 N–H and O–H groups in total. The van der Waals surface area contributed by atoms with Gasteiger partial charge in [0.25, 0.3) is 0 Å². The second-order valence-electron chi connectivity index (χ2n) is 9.84. The van der Waals surface area contributed by atoms with Gasteiger partial charge < -0.3 is 24.8 Å². The molecule has 7 nitrogen and oxygen atoms in total. The van der Waals surface area contributed by atoms with Crippen molar-refractivity contribution in [2.45, 2.75) is 83.3 Å². The molecule has 4 aliphatic rings. The first-order chi connectivity index (χ1) is 14.5. The second kappa shape index (κ2) is 8.93. The molecule has 0 aromatic heterocycles. The third kappa shape index (κ3) is 3.78. The van der Waals surface area contributed by atoms with Gasteiger partial charge in [-0.1, -0.05) is 6.92 Å². The Morgan fingerprint density at radius 2 is 1.83 bits per heavy atom. The maximum Gasteiger partial charge on any atom is 0.410 e. The van der Waals surface area contributed by atoms with E-state index in [1.807, 2.05) is 11.8 Å². The fourth-order valence-electron chi connectivity index (χ4n) is 7.06.